The maximum atomic E-state index is 11.7. The van der Waals surface area contributed by atoms with Crippen LogP contribution in [0.2, 0.25) is 0 Å². The van der Waals surface area contributed by atoms with E-state index in [-0.39, 0.29) is 23.5 Å². The molecule has 1 rings (SSSR count). The van der Waals surface area contributed by atoms with Crippen molar-refractivity contribution in [3.63, 3.8) is 0 Å². The Balaban J connectivity index is 2.36. The fraction of sp³-hybridized carbons (Fsp3) is 0.929. The molecule has 0 spiro atoms. The summed E-state index contributed by atoms with van der Waals surface area (Å²) in [4.78, 5) is 13.9. The van der Waals surface area contributed by atoms with Crippen LogP contribution < -0.4 is 5.32 Å². The molecule has 2 unspecified atom stereocenters. The van der Waals surface area contributed by atoms with E-state index in [2.05, 4.69) is 10.2 Å². The number of rotatable bonds is 7. The minimum absolute atomic E-state index is 0.0834. The number of unbranched alkanes of at least 4 members (excludes halogenated alkanes) is 1. The molecule has 1 aliphatic rings. The second kappa shape index (κ2) is 7.56. The van der Waals surface area contributed by atoms with Gasteiger partial charge in [0.05, 0.1) is 18.6 Å². The number of esters is 1. The first-order chi connectivity index (χ1) is 9.74. The van der Waals surface area contributed by atoms with E-state index in [4.69, 9.17) is 4.74 Å². The zero-order valence-corrected chi connectivity index (χ0v) is 14.3. The van der Waals surface area contributed by atoms with Crippen LogP contribution in [0.25, 0.3) is 0 Å². The van der Waals surface area contributed by atoms with E-state index < -0.39 is 15.4 Å². The van der Waals surface area contributed by atoms with Crippen LogP contribution in [0.3, 0.4) is 0 Å². The number of hydrogen-bond acceptors (Lipinski definition) is 6. The molecule has 1 heterocycles. The van der Waals surface area contributed by atoms with Crippen LogP contribution in [0.4, 0.5) is 0 Å². The normalized spacial score (nSPS) is 25.2. The quantitative estimate of drug-likeness (QED) is 0.541. The summed E-state index contributed by atoms with van der Waals surface area (Å²) in [5.41, 5.74) is -0.647. The van der Waals surface area contributed by atoms with Gasteiger partial charge in [-0.25, -0.2) is 8.42 Å². The Morgan fingerprint density at radius 1 is 1.43 bits per heavy atom. The molecule has 0 bridgehead atoms. The minimum atomic E-state index is -2.85. The van der Waals surface area contributed by atoms with Crippen LogP contribution >= 0.6 is 0 Å². The van der Waals surface area contributed by atoms with E-state index in [9.17, 15) is 13.2 Å². The number of methoxy groups -OCH3 is 1. The molecule has 0 aromatic carbocycles. The van der Waals surface area contributed by atoms with E-state index in [1.165, 1.54) is 7.11 Å². The first-order valence-corrected chi connectivity index (χ1v) is 9.28. The van der Waals surface area contributed by atoms with E-state index in [1.54, 1.807) is 7.05 Å². The van der Waals surface area contributed by atoms with E-state index in [1.807, 2.05) is 13.8 Å². The summed E-state index contributed by atoms with van der Waals surface area (Å²) in [5.74, 6) is 0.263. The molecule has 0 aliphatic carbocycles. The molecule has 1 aliphatic heterocycles. The van der Waals surface area contributed by atoms with Gasteiger partial charge >= 0.3 is 5.97 Å². The topological polar surface area (TPSA) is 75.7 Å². The molecule has 7 heteroatoms. The molecular formula is C14H28N2O4S. The maximum absolute atomic E-state index is 11.7. The van der Waals surface area contributed by atoms with Crippen molar-refractivity contribution in [3.05, 3.63) is 0 Å². The third-order valence-corrected chi connectivity index (χ3v) is 6.16. The Morgan fingerprint density at radius 3 is 2.62 bits per heavy atom. The van der Waals surface area contributed by atoms with Gasteiger partial charge in [0.25, 0.3) is 0 Å². The van der Waals surface area contributed by atoms with Crippen LogP contribution in [-0.4, -0.2) is 69.6 Å². The number of hydrogen-bond donors (Lipinski definition) is 1. The molecule has 2 atom stereocenters. The molecule has 124 valence electrons. The predicted molar refractivity (Wildman–Crippen MR) is 83.0 cm³/mol. The first kappa shape index (κ1) is 18.4. The van der Waals surface area contributed by atoms with Crippen LogP contribution in [0.5, 0.6) is 0 Å². The van der Waals surface area contributed by atoms with E-state index in [0.717, 1.165) is 19.4 Å². The number of carbonyl (C=O) groups is 1. The summed E-state index contributed by atoms with van der Waals surface area (Å²) in [5, 5.41) is 3.02. The van der Waals surface area contributed by atoms with Gasteiger partial charge in [0.2, 0.25) is 0 Å². The van der Waals surface area contributed by atoms with Crippen molar-refractivity contribution >= 4 is 15.8 Å². The third-order valence-electron chi connectivity index (χ3n) is 4.37. The number of ether oxygens (including phenoxy) is 1. The molecule has 1 saturated heterocycles. The highest BCUT2D eigenvalue weighted by Gasteiger charge is 2.32. The largest absolute Gasteiger partial charge is 0.468 e. The molecule has 1 fully saturated rings. The Bertz CT molecular complexity index is 452. The maximum Gasteiger partial charge on any atom is 0.325 e. The highest BCUT2D eigenvalue weighted by molar-refractivity contribution is 7.91. The molecule has 21 heavy (non-hydrogen) atoms. The van der Waals surface area contributed by atoms with Crippen molar-refractivity contribution in [2.45, 2.75) is 44.7 Å². The summed E-state index contributed by atoms with van der Waals surface area (Å²) < 4.78 is 27.9. The summed E-state index contributed by atoms with van der Waals surface area (Å²) in [6.07, 6.45) is 2.54. The zero-order valence-electron chi connectivity index (χ0n) is 13.5. The minimum Gasteiger partial charge on any atom is -0.468 e. The molecule has 6 nitrogen and oxygen atoms in total. The Labute approximate surface area is 128 Å². The molecule has 0 saturated carbocycles. The molecular weight excluding hydrogens is 292 g/mol. The van der Waals surface area contributed by atoms with Crippen molar-refractivity contribution in [2.75, 3.05) is 38.8 Å². The van der Waals surface area contributed by atoms with Gasteiger partial charge in [0, 0.05) is 12.6 Å². The number of nitrogens with zero attached hydrogens (tertiary/aromatic N) is 1. The van der Waals surface area contributed by atoms with Crippen molar-refractivity contribution in [1.82, 2.24) is 10.2 Å². The third kappa shape index (κ3) is 5.23. The molecule has 0 aromatic heterocycles. The van der Waals surface area contributed by atoms with Gasteiger partial charge in [0.15, 0.2) is 9.84 Å². The van der Waals surface area contributed by atoms with Gasteiger partial charge in [-0.2, -0.15) is 0 Å². The standard InChI is InChI=1S/C14H28N2O4S/c1-12-11-21(18,19)10-9-16(12)8-6-5-7-14(2,15-3)13(17)20-4/h12,15H,5-11H2,1-4H3. The SMILES string of the molecule is CNC(C)(CCCCN1CCS(=O)(=O)CC1C)C(=O)OC. The predicted octanol–water partition coefficient (Wildman–Crippen LogP) is 0.427. The number of nitrogens with one attached hydrogen (secondary N) is 1. The van der Waals surface area contributed by atoms with Gasteiger partial charge in [-0.05, 0) is 46.7 Å². The molecule has 0 radical (unpaired) electrons. The van der Waals surface area contributed by atoms with E-state index in [0.29, 0.717) is 13.0 Å². The van der Waals surface area contributed by atoms with E-state index >= 15 is 0 Å². The molecule has 0 aromatic rings. The lowest BCUT2D eigenvalue weighted by molar-refractivity contribution is -0.148. The fourth-order valence-electron chi connectivity index (χ4n) is 2.71. The average molecular weight is 320 g/mol. The lowest BCUT2D eigenvalue weighted by atomic mass is 9.95. The van der Waals surface area contributed by atoms with Gasteiger partial charge in [-0.3, -0.25) is 9.69 Å². The van der Waals surface area contributed by atoms with Crippen molar-refractivity contribution in [2.24, 2.45) is 0 Å². The van der Waals surface area contributed by atoms with Crippen LogP contribution in [-0.2, 0) is 19.4 Å². The summed E-state index contributed by atoms with van der Waals surface area (Å²) in [6.45, 7) is 5.29. The van der Waals surface area contributed by atoms with Gasteiger partial charge in [-0.15, -0.1) is 0 Å². The highest BCUT2D eigenvalue weighted by atomic mass is 32.2. The Kier molecular flexibility index (Phi) is 6.62. The summed E-state index contributed by atoms with van der Waals surface area (Å²) >= 11 is 0. The van der Waals surface area contributed by atoms with Crippen molar-refractivity contribution < 1.29 is 17.9 Å². The average Bonchev–Trinajstić information content (AvgIpc) is 2.43. The monoisotopic (exact) mass is 320 g/mol. The zero-order chi connectivity index (χ0) is 16.1. The summed E-state index contributed by atoms with van der Waals surface area (Å²) in [7, 11) is 0.305. The Morgan fingerprint density at radius 2 is 2.10 bits per heavy atom. The van der Waals surface area contributed by atoms with Gasteiger partial charge in [0.1, 0.15) is 5.54 Å². The highest BCUT2D eigenvalue weighted by Crippen LogP contribution is 2.17. The number of likely N-dealkylation sites (N-methyl/N-ethyl adjacent to an activating group) is 1. The molecule has 0 amide bonds. The van der Waals surface area contributed by atoms with Crippen molar-refractivity contribution in [1.29, 1.82) is 0 Å². The second-order valence-corrected chi connectivity index (χ2v) is 8.26. The molecule has 1 N–H and O–H groups in total. The fourth-order valence-corrected chi connectivity index (χ4v) is 4.34. The lowest BCUT2D eigenvalue weighted by Crippen LogP contribution is -2.49. The first-order valence-electron chi connectivity index (χ1n) is 7.46. The van der Waals surface area contributed by atoms with Crippen LogP contribution in [0.15, 0.2) is 0 Å². The van der Waals surface area contributed by atoms with Crippen molar-refractivity contribution in [3.8, 4) is 0 Å². The van der Waals surface area contributed by atoms with Crippen LogP contribution in [0.1, 0.15) is 33.1 Å². The number of carbonyl (C=O) groups excluding carboxylic acids is 1. The summed E-state index contributed by atoms with van der Waals surface area (Å²) in [6, 6.07) is 0.0834. The van der Waals surface area contributed by atoms with Gasteiger partial charge < -0.3 is 10.1 Å². The van der Waals surface area contributed by atoms with Crippen LogP contribution in [0, 0.1) is 0 Å². The smallest absolute Gasteiger partial charge is 0.325 e. The Hall–Kier alpha value is -0.660. The van der Waals surface area contributed by atoms with Gasteiger partial charge in [-0.1, -0.05) is 0 Å². The lowest BCUT2D eigenvalue weighted by Gasteiger charge is -2.33. The second-order valence-electron chi connectivity index (χ2n) is 6.03. The number of sulfone groups is 1.